The highest BCUT2D eigenvalue weighted by molar-refractivity contribution is 7.20. The molecule has 0 bridgehead atoms. The Kier molecular flexibility index (Phi) is 4.77. The van der Waals surface area contributed by atoms with Gasteiger partial charge in [-0.05, 0) is 24.8 Å². The fourth-order valence-corrected chi connectivity index (χ4v) is 4.47. The normalized spacial score (nSPS) is 28.5. The zero-order valence-electron chi connectivity index (χ0n) is 10.5. The van der Waals surface area contributed by atoms with Crippen molar-refractivity contribution in [3.63, 3.8) is 0 Å². The fraction of sp³-hybridized carbons (Fsp3) is 0.615. The molecule has 19 heavy (non-hydrogen) atoms. The van der Waals surface area contributed by atoms with Crippen molar-refractivity contribution in [1.82, 2.24) is 0 Å². The molecule has 0 aromatic carbocycles. The van der Waals surface area contributed by atoms with Gasteiger partial charge in [-0.2, -0.15) is 0 Å². The molecular weight excluding hydrogens is 307 g/mol. The number of aliphatic hydroxyl groups is 1. The molecule has 2 rings (SSSR count). The molecule has 4 unspecified atom stereocenters. The van der Waals surface area contributed by atoms with E-state index in [1.807, 2.05) is 6.92 Å². The first-order valence-corrected chi connectivity index (χ1v) is 7.86. The Balaban J connectivity index is 2.23. The van der Waals surface area contributed by atoms with Crippen LogP contribution < -0.4 is 0 Å². The van der Waals surface area contributed by atoms with Crippen LogP contribution >= 0.6 is 34.5 Å². The van der Waals surface area contributed by atoms with Gasteiger partial charge < -0.3 is 10.2 Å². The molecule has 1 aromatic rings. The maximum Gasteiger partial charge on any atom is 0.306 e. The van der Waals surface area contributed by atoms with E-state index in [0.717, 1.165) is 12.8 Å². The summed E-state index contributed by atoms with van der Waals surface area (Å²) < 4.78 is 0.956. The molecule has 6 heteroatoms. The van der Waals surface area contributed by atoms with E-state index in [4.69, 9.17) is 23.2 Å². The van der Waals surface area contributed by atoms with Crippen LogP contribution in [-0.4, -0.2) is 16.2 Å². The van der Waals surface area contributed by atoms with Crippen molar-refractivity contribution in [2.24, 2.45) is 17.8 Å². The van der Waals surface area contributed by atoms with Gasteiger partial charge in [0.15, 0.2) is 0 Å². The van der Waals surface area contributed by atoms with Crippen LogP contribution in [0.2, 0.25) is 8.67 Å². The highest BCUT2D eigenvalue weighted by Gasteiger charge is 2.42. The highest BCUT2D eigenvalue weighted by atomic mass is 35.5. The monoisotopic (exact) mass is 322 g/mol. The SMILES string of the molecule is CCC1CC(C(=O)O)C(C(O)c2cc(Cl)sc2Cl)C1. The number of carboxylic acid groups (broad SMARTS) is 1. The maximum absolute atomic E-state index is 11.3. The lowest BCUT2D eigenvalue weighted by Gasteiger charge is -2.22. The minimum Gasteiger partial charge on any atom is -0.481 e. The number of aliphatic carboxylic acids is 1. The Morgan fingerprint density at radius 3 is 2.68 bits per heavy atom. The molecule has 4 atom stereocenters. The van der Waals surface area contributed by atoms with Crippen LogP contribution in [0.1, 0.15) is 37.9 Å². The lowest BCUT2D eigenvalue weighted by Crippen LogP contribution is -2.23. The number of hydrogen-bond donors (Lipinski definition) is 2. The highest BCUT2D eigenvalue weighted by Crippen LogP contribution is 2.47. The van der Waals surface area contributed by atoms with Gasteiger partial charge in [-0.25, -0.2) is 0 Å². The molecule has 1 fully saturated rings. The summed E-state index contributed by atoms with van der Waals surface area (Å²) in [4.78, 5) is 11.3. The van der Waals surface area contributed by atoms with Crippen LogP contribution in [0, 0.1) is 17.8 Å². The first-order chi connectivity index (χ1) is 8.93. The van der Waals surface area contributed by atoms with E-state index in [2.05, 4.69) is 0 Å². The van der Waals surface area contributed by atoms with Gasteiger partial charge in [0.25, 0.3) is 0 Å². The van der Waals surface area contributed by atoms with Crippen LogP contribution in [0.3, 0.4) is 0 Å². The van der Waals surface area contributed by atoms with E-state index < -0.39 is 18.0 Å². The van der Waals surface area contributed by atoms with Crippen LogP contribution in [0.15, 0.2) is 6.07 Å². The van der Waals surface area contributed by atoms with Crippen molar-refractivity contribution in [2.75, 3.05) is 0 Å². The summed E-state index contributed by atoms with van der Waals surface area (Å²) in [5.41, 5.74) is 0.560. The molecule has 1 aliphatic rings. The molecule has 106 valence electrons. The number of aliphatic hydroxyl groups excluding tert-OH is 1. The fourth-order valence-electron chi connectivity index (χ4n) is 2.93. The Morgan fingerprint density at radius 2 is 2.21 bits per heavy atom. The van der Waals surface area contributed by atoms with Crippen LogP contribution in [0.4, 0.5) is 0 Å². The topological polar surface area (TPSA) is 57.5 Å². The molecule has 1 saturated carbocycles. The van der Waals surface area contributed by atoms with Gasteiger partial charge in [-0.1, -0.05) is 36.5 Å². The first kappa shape index (κ1) is 15.1. The lowest BCUT2D eigenvalue weighted by molar-refractivity contribution is -0.144. The second-order valence-corrected chi connectivity index (χ2v) is 7.36. The molecule has 0 radical (unpaired) electrons. The zero-order valence-corrected chi connectivity index (χ0v) is 12.8. The summed E-state index contributed by atoms with van der Waals surface area (Å²) >= 11 is 13.1. The average Bonchev–Trinajstić information content (AvgIpc) is 2.91. The van der Waals surface area contributed by atoms with E-state index in [0.29, 0.717) is 26.6 Å². The zero-order chi connectivity index (χ0) is 14.2. The third kappa shape index (κ3) is 3.07. The number of rotatable bonds is 4. The molecule has 0 amide bonds. The maximum atomic E-state index is 11.3. The second-order valence-electron chi connectivity index (χ2n) is 5.08. The van der Waals surface area contributed by atoms with E-state index in [1.165, 1.54) is 11.3 Å². The molecule has 1 heterocycles. The van der Waals surface area contributed by atoms with Crippen LogP contribution in [0.5, 0.6) is 0 Å². The van der Waals surface area contributed by atoms with Crippen molar-refractivity contribution in [2.45, 2.75) is 32.3 Å². The first-order valence-electron chi connectivity index (χ1n) is 6.29. The van der Waals surface area contributed by atoms with Crippen molar-refractivity contribution in [1.29, 1.82) is 0 Å². The van der Waals surface area contributed by atoms with Crippen molar-refractivity contribution < 1.29 is 15.0 Å². The quantitative estimate of drug-likeness (QED) is 0.872. The number of carboxylic acids is 1. The lowest BCUT2D eigenvalue weighted by atomic mass is 9.88. The smallest absolute Gasteiger partial charge is 0.306 e. The average molecular weight is 323 g/mol. The molecule has 1 aromatic heterocycles. The molecule has 0 saturated heterocycles. The predicted octanol–water partition coefficient (Wildman–Crippen LogP) is 4.23. The molecule has 3 nitrogen and oxygen atoms in total. The molecule has 0 aliphatic heterocycles. The molecular formula is C13H16Cl2O3S. The van der Waals surface area contributed by atoms with Crippen molar-refractivity contribution in [3.8, 4) is 0 Å². The summed E-state index contributed by atoms with van der Waals surface area (Å²) in [5.74, 6) is -1.27. The minimum absolute atomic E-state index is 0.286. The van der Waals surface area contributed by atoms with Crippen LogP contribution in [0.25, 0.3) is 0 Å². The van der Waals surface area contributed by atoms with Crippen LogP contribution in [-0.2, 0) is 4.79 Å². The second kappa shape index (κ2) is 6.00. The minimum atomic E-state index is -0.853. The largest absolute Gasteiger partial charge is 0.481 e. The molecule has 1 aliphatic carbocycles. The number of hydrogen-bond acceptors (Lipinski definition) is 3. The van der Waals surface area contributed by atoms with Gasteiger partial charge in [0, 0.05) is 11.5 Å². The third-order valence-corrected chi connectivity index (χ3v) is 5.53. The predicted molar refractivity (Wildman–Crippen MR) is 76.9 cm³/mol. The van der Waals surface area contributed by atoms with E-state index in [9.17, 15) is 15.0 Å². The Bertz CT molecular complexity index is 474. The van der Waals surface area contributed by atoms with Gasteiger partial charge in [0.05, 0.1) is 16.4 Å². The molecule has 0 spiro atoms. The number of thiophene rings is 1. The Hall–Kier alpha value is -0.290. The third-order valence-electron chi connectivity index (χ3n) is 4.01. The van der Waals surface area contributed by atoms with E-state index in [1.54, 1.807) is 6.07 Å². The van der Waals surface area contributed by atoms with Gasteiger partial charge in [-0.15, -0.1) is 11.3 Å². The summed E-state index contributed by atoms with van der Waals surface area (Å²) in [7, 11) is 0. The Morgan fingerprint density at radius 1 is 1.53 bits per heavy atom. The number of halogens is 2. The number of carbonyl (C=O) groups is 1. The van der Waals surface area contributed by atoms with Gasteiger partial charge in [-0.3, -0.25) is 4.79 Å². The van der Waals surface area contributed by atoms with E-state index >= 15 is 0 Å². The summed E-state index contributed by atoms with van der Waals surface area (Å²) in [6.45, 7) is 2.05. The summed E-state index contributed by atoms with van der Waals surface area (Å²) in [5, 5.41) is 19.7. The Labute approximate surface area is 126 Å². The summed E-state index contributed by atoms with van der Waals surface area (Å²) in [6.07, 6.45) is 1.43. The molecule has 2 N–H and O–H groups in total. The van der Waals surface area contributed by atoms with Gasteiger partial charge >= 0.3 is 5.97 Å². The van der Waals surface area contributed by atoms with Crippen molar-refractivity contribution in [3.05, 3.63) is 20.3 Å². The van der Waals surface area contributed by atoms with Crippen molar-refractivity contribution >= 4 is 40.5 Å². The van der Waals surface area contributed by atoms with Gasteiger partial charge in [0.1, 0.15) is 4.34 Å². The standard InChI is InChI=1S/C13H16Cl2O3S/c1-2-6-3-7(8(4-6)13(17)18)11(16)9-5-10(14)19-12(9)15/h5-8,11,16H,2-4H2,1H3,(H,17,18). The van der Waals surface area contributed by atoms with E-state index in [-0.39, 0.29) is 5.92 Å². The summed E-state index contributed by atoms with van der Waals surface area (Å²) in [6, 6.07) is 1.64. The van der Waals surface area contributed by atoms with Gasteiger partial charge in [0.2, 0.25) is 0 Å².